The molecule has 0 unspecified atom stereocenters. The van der Waals surface area contributed by atoms with Crippen molar-refractivity contribution in [3.63, 3.8) is 0 Å². The largest absolute Gasteiger partial charge is 0.668 e. The SMILES string of the molecule is C[CH2][Cs].O[Si](O)(O)O. The van der Waals surface area contributed by atoms with Crippen LogP contribution in [0.25, 0.3) is 0 Å². The van der Waals surface area contributed by atoms with Crippen LogP contribution in [0.4, 0.5) is 0 Å². The van der Waals surface area contributed by atoms with Gasteiger partial charge >= 0.3 is 79.7 Å². The molecule has 4 N–H and O–H groups in total. The second-order valence-corrected chi connectivity index (χ2v) is 6.95. The van der Waals surface area contributed by atoms with E-state index < -0.39 is 9.05 Å². The fourth-order valence-electron chi connectivity index (χ4n) is 0. The molecule has 0 heterocycles. The monoisotopic (exact) mass is 258 g/mol. The van der Waals surface area contributed by atoms with Crippen molar-refractivity contribution in [2.75, 3.05) is 0 Å². The third-order valence-corrected chi connectivity index (χ3v) is 0. The molecule has 0 spiro atoms. The van der Waals surface area contributed by atoms with Crippen LogP contribution in [0, 0.1) is 0 Å². The Morgan fingerprint density at radius 3 is 1.25 bits per heavy atom. The predicted molar refractivity (Wildman–Crippen MR) is 30.9 cm³/mol. The van der Waals surface area contributed by atoms with E-state index in [1.165, 1.54) is -2.15 Å². The van der Waals surface area contributed by atoms with Crippen LogP contribution in [0.5, 0.6) is 0 Å². The average Bonchev–Trinajstić information content (AvgIpc) is 1.27. The van der Waals surface area contributed by atoms with Gasteiger partial charge in [-0.2, -0.15) is 0 Å². The fourth-order valence-corrected chi connectivity index (χ4v) is 0. The Kier molecular flexibility index (Phi) is 11.5. The van der Waals surface area contributed by atoms with E-state index in [4.69, 9.17) is 19.2 Å². The summed E-state index contributed by atoms with van der Waals surface area (Å²) < 4.78 is 1.47. The molecule has 8 heavy (non-hydrogen) atoms. The van der Waals surface area contributed by atoms with Gasteiger partial charge in [-0.15, -0.1) is 0 Å². The van der Waals surface area contributed by atoms with E-state index in [0.29, 0.717) is 0 Å². The Hall–Kier alpha value is 2.11. The summed E-state index contributed by atoms with van der Waals surface area (Å²) in [6, 6.07) is 0. The number of hydrogen-bond donors (Lipinski definition) is 4. The van der Waals surface area contributed by atoms with Crippen molar-refractivity contribution in [3.05, 3.63) is 0 Å². The smallest absolute Gasteiger partial charge is 0.368 e. The van der Waals surface area contributed by atoms with Crippen molar-refractivity contribution in [1.29, 1.82) is 0 Å². The van der Waals surface area contributed by atoms with Crippen LogP contribution >= 0.6 is 0 Å². The molecule has 0 amide bonds. The molecule has 4 nitrogen and oxygen atoms in total. The Bertz CT molecular complexity index is 37.8. The zero-order chi connectivity index (χ0) is 7.21. The van der Waals surface area contributed by atoms with Gasteiger partial charge in [0.05, 0.1) is 0 Å². The quantitative estimate of drug-likeness (QED) is 0.378. The Labute approximate surface area is 96.4 Å². The summed E-state index contributed by atoms with van der Waals surface area (Å²) in [5.41, 5.74) is 0. The molecule has 0 aromatic heterocycles. The molecule has 0 aromatic carbocycles. The van der Waals surface area contributed by atoms with Crippen molar-refractivity contribution in [3.8, 4) is 0 Å². The first kappa shape index (κ1) is 12.8. The maximum Gasteiger partial charge on any atom is 0.668 e. The summed E-state index contributed by atoms with van der Waals surface area (Å²) in [6.45, 7) is 2.22. The molecule has 6 heteroatoms. The summed E-state index contributed by atoms with van der Waals surface area (Å²) >= 11 is 0.915. The van der Waals surface area contributed by atoms with Gasteiger partial charge in [0.1, 0.15) is 0 Å². The normalized spacial score (nSPS) is 9.88. The molecular weight excluding hydrogens is 249 g/mol. The first-order chi connectivity index (χ1) is 3.41. The Balaban J connectivity index is 0. The Morgan fingerprint density at radius 1 is 1.25 bits per heavy atom. The molecular formula is C2H9CsO4Si. The minimum absolute atomic E-state index is 0.915. The Morgan fingerprint density at radius 2 is 1.25 bits per heavy atom. The third-order valence-electron chi connectivity index (χ3n) is 0. The molecule has 46 valence electrons. The summed E-state index contributed by atoms with van der Waals surface area (Å²) in [5, 5.41) is 0. The summed E-state index contributed by atoms with van der Waals surface area (Å²) in [6.07, 6.45) is 0. The molecule has 0 bridgehead atoms. The van der Waals surface area contributed by atoms with Crippen LogP contribution in [-0.2, 0) is 0 Å². The van der Waals surface area contributed by atoms with Crippen molar-refractivity contribution >= 4 is 75.0 Å². The molecule has 0 atom stereocenters. The standard InChI is InChI=1S/C2H5.Cs.H4O4Si/c1-2;;1-5(2,3)4/h1H2,2H3;;1-4H. The van der Waals surface area contributed by atoms with Gasteiger partial charge in [0.25, 0.3) is 0 Å². The van der Waals surface area contributed by atoms with E-state index in [2.05, 4.69) is 6.92 Å². The van der Waals surface area contributed by atoms with Gasteiger partial charge < -0.3 is 19.2 Å². The summed E-state index contributed by atoms with van der Waals surface area (Å²) in [5.74, 6) is 0. The molecule has 0 aliphatic carbocycles. The number of rotatable bonds is 0. The van der Waals surface area contributed by atoms with Crippen LogP contribution in [0.15, 0.2) is 0 Å². The zero-order valence-corrected chi connectivity index (χ0v) is 12.3. The molecule has 0 saturated carbocycles. The first-order valence-corrected chi connectivity index (χ1v) is 8.54. The van der Waals surface area contributed by atoms with Gasteiger partial charge in [-0.1, -0.05) is 0 Å². The third kappa shape index (κ3) is 92.1. The van der Waals surface area contributed by atoms with Gasteiger partial charge in [0.2, 0.25) is 0 Å². The summed E-state index contributed by atoms with van der Waals surface area (Å²) in [4.78, 5) is 29.3. The maximum absolute atomic E-state index is 7.33. The van der Waals surface area contributed by atoms with Crippen molar-refractivity contribution in [1.82, 2.24) is 0 Å². The molecule has 0 radical (unpaired) electrons. The zero-order valence-electron chi connectivity index (χ0n) is 5.00. The minimum atomic E-state index is -4.61. The van der Waals surface area contributed by atoms with Gasteiger partial charge in [-0.05, 0) is 0 Å². The van der Waals surface area contributed by atoms with Crippen molar-refractivity contribution in [2.45, 2.75) is 4.77 Å². The van der Waals surface area contributed by atoms with E-state index in [9.17, 15) is 0 Å². The van der Waals surface area contributed by atoms with Crippen molar-refractivity contribution < 1.29 is 19.2 Å². The van der Waals surface area contributed by atoms with E-state index in [0.717, 1.165) is 65.9 Å². The van der Waals surface area contributed by atoms with Gasteiger partial charge in [-0.3, -0.25) is 0 Å². The second-order valence-electron chi connectivity index (χ2n) is 1.31. The number of hydrogen-bond acceptors (Lipinski definition) is 4. The van der Waals surface area contributed by atoms with E-state index in [1.807, 2.05) is 0 Å². The topological polar surface area (TPSA) is 80.9 Å². The summed E-state index contributed by atoms with van der Waals surface area (Å²) in [7, 11) is -4.61. The van der Waals surface area contributed by atoms with Gasteiger partial charge in [-0.25, -0.2) is 0 Å². The van der Waals surface area contributed by atoms with Gasteiger partial charge in [0.15, 0.2) is 0 Å². The van der Waals surface area contributed by atoms with Crippen LogP contribution < -0.4 is 0 Å². The molecule has 0 aliphatic rings. The molecule has 0 saturated heterocycles. The fraction of sp³-hybridized carbons (Fsp3) is 1.00. The molecule has 0 rings (SSSR count). The molecule has 0 fully saturated rings. The maximum atomic E-state index is 7.33. The van der Waals surface area contributed by atoms with Gasteiger partial charge in [0, 0.05) is 0 Å². The van der Waals surface area contributed by atoms with Crippen LogP contribution in [0.1, 0.15) is 6.92 Å². The van der Waals surface area contributed by atoms with Crippen LogP contribution in [-0.4, -0.2) is 94.2 Å². The minimum Gasteiger partial charge on any atom is -0.368 e. The predicted octanol–water partition coefficient (Wildman–Crippen LogP) is -2.02. The molecule has 0 aliphatic heterocycles. The van der Waals surface area contributed by atoms with E-state index in [-0.39, 0.29) is 0 Å². The van der Waals surface area contributed by atoms with Crippen molar-refractivity contribution in [2.24, 2.45) is 0 Å². The van der Waals surface area contributed by atoms with E-state index >= 15 is 0 Å². The average molecular weight is 258 g/mol. The molecule has 0 aromatic rings. The van der Waals surface area contributed by atoms with Crippen LogP contribution in [0.3, 0.4) is 0 Å². The van der Waals surface area contributed by atoms with E-state index in [1.54, 1.807) is 0 Å². The van der Waals surface area contributed by atoms with Crippen LogP contribution in [0.2, 0.25) is -2.15 Å². The first-order valence-electron chi connectivity index (χ1n) is 2.31. The second kappa shape index (κ2) is 7.22.